The van der Waals surface area contributed by atoms with Crippen LogP contribution in [0.4, 0.5) is 4.79 Å². The summed E-state index contributed by atoms with van der Waals surface area (Å²) in [4.78, 5) is 67.0. The van der Waals surface area contributed by atoms with Crippen LogP contribution in [-0.2, 0) is 25.7 Å². The molecule has 3 aromatic carbocycles. The average molecular weight is 673 g/mol. The topological polar surface area (TPSA) is 146 Å². The van der Waals surface area contributed by atoms with Gasteiger partial charge in [-0.25, -0.2) is 4.79 Å². The van der Waals surface area contributed by atoms with E-state index in [0.717, 1.165) is 26.6 Å². The first-order chi connectivity index (χ1) is 23.5. The third kappa shape index (κ3) is 6.72. The van der Waals surface area contributed by atoms with Crippen molar-refractivity contribution >= 4 is 56.3 Å². The number of carbonyl (C=O) groups excluding carboxylic acids is 4. The molecule has 0 bridgehead atoms. The summed E-state index contributed by atoms with van der Waals surface area (Å²) in [6.07, 6.45) is 1.88. The Labute approximate surface area is 280 Å². The van der Waals surface area contributed by atoms with E-state index in [2.05, 4.69) is 0 Å². The monoisotopic (exact) mass is 672 g/mol. The minimum Gasteiger partial charge on any atom is -0.493 e. The van der Waals surface area contributed by atoms with E-state index >= 15 is 0 Å². The number of methoxy groups -OCH3 is 1. The number of pyridine rings is 1. The molecule has 2 aliphatic heterocycles. The Morgan fingerprint density at radius 2 is 1.55 bits per heavy atom. The molecule has 0 spiro atoms. The zero-order chi connectivity index (χ0) is 34.8. The molecule has 1 aromatic heterocycles. The van der Waals surface area contributed by atoms with Gasteiger partial charge in [0.2, 0.25) is 6.79 Å². The first kappa shape index (κ1) is 33.3. The van der Waals surface area contributed by atoms with Gasteiger partial charge in [0.1, 0.15) is 6.61 Å². The zero-order valence-electron chi connectivity index (χ0n) is 27.6. The molecule has 0 saturated heterocycles. The fourth-order valence-corrected chi connectivity index (χ4v) is 5.83. The van der Waals surface area contributed by atoms with Crippen LogP contribution in [0.25, 0.3) is 32.4 Å². The molecule has 0 unspecified atom stereocenters. The molecule has 0 radical (unpaired) electrons. The van der Waals surface area contributed by atoms with Crippen molar-refractivity contribution in [3.8, 4) is 23.0 Å². The van der Waals surface area contributed by atoms with Gasteiger partial charge in [0.15, 0.2) is 23.0 Å². The van der Waals surface area contributed by atoms with Crippen LogP contribution in [0, 0.1) is 0 Å². The smallest absolute Gasteiger partial charge is 0.415 e. The largest absolute Gasteiger partial charge is 0.493 e. The highest BCUT2D eigenvalue weighted by Gasteiger charge is 2.24. The van der Waals surface area contributed by atoms with Crippen molar-refractivity contribution in [2.45, 2.75) is 19.4 Å². The average Bonchev–Trinajstić information content (AvgIpc) is 3.67. The number of hydrogen-bond donors (Lipinski definition) is 0. The van der Waals surface area contributed by atoms with Gasteiger partial charge in [0.05, 0.1) is 24.6 Å². The quantitative estimate of drug-likeness (QED) is 0.124. The molecule has 0 saturated carbocycles. The molecule has 256 valence electrons. The summed E-state index contributed by atoms with van der Waals surface area (Å²) in [7, 11) is 6.80. The number of esters is 1. The maximum absolute atomic E-state index is 14.2. The third-order valence-electron chi connectivity index (χ3n) is 8.46. The van der Waals surface area contributed by atoms with Gasteiger partial charge < -0.3 is 38.1 Å². The molecule has 14 nitrogen and oxygen atoms in total. The van der Waals surface area contributed by atoms with E-state index in [1.54, 1.807) is 10.6 Å². The number of ether oxygens (including phenoxy) is 5. The highest BCUT2D eigenvalue weighted by atomic mass is 16.7. The number of rotatable bonds is 12. The highest BCUT2D eigenvalue weighted by Crippen LogP contribution is 2.41. The van der Waals surface area contributed by atoms with Crippen molar-refractivity contribution in [1.29, 1.82) is 0 Å². The second-order valence-corrected chi connectivity index (χ2v) is 12.0. The lowest BCUT2D eigenvalue weighted by Gasteiger charge is -2.20. The van der Waals surface area contributed by atoms with E-state index < -0.39 is 23.9 Å². The predicted molar refractivity (Wildman–Crippen MR) is 179 cm³/mol. The van der Waals surface area contributed by atoms with Gasteiger partial charge in [-0.15, -0.1) is 0 Å². The summed E-state index contributed by atoms with van der Waals surface area (Å²) < 4.78 is 29.5. The fraction of sp³-hybridized carbons (Fsp3) is 0.343. The second-order valence-electron chi connectivity index (χ2n) is 12.0. The minimum absolute atomic E-state index is 0.000446. The first-order valence-corrected chi connectivity index (χ1v) is 15.7. The van der Waals surface area contributed by atoms with Crippen LogP contribution in [0.3, 0.4) is 0 Å². The Morgan fingerprint density at radius 3 is 2.27 bits per heavy atom. The number of fused-ring (bicyclic) bond motifs is 6. The lowest BCUT2D eigenvalue weighted by Crippen LogP contribution is -2.33. The fourth-order valence-electron chi connectivity index (χ4n) is 5.83. The van der Waals surface area contributed by atoms with Gasteiger partial charge in [-0.1, -0.05) is 12.1 Å². The van der Waals surface area contributed by atoms with Gasteiger partial charge in [-0.05, 0) is 50.2 Å². The van der Waals surface area contributed by atoms with E-state index in [0.29, 0.717) is 35.4 Å². The molecule has 14 heteroatoms. The van der Waals surface area contributed by atoms with Crippen LogP contribution in [0.1, 0.15) is 12.8 Å². The van der Waals surface area contributed by atoms with Crippen molar-refractivity contribution < 1.29 is 42.9 Å². The molecule has 4 aromatic rings. The van der Waals surface area contributed by atoms with E-state index in [4.69, 9.17) is 23.7 Å². The predicted octanol–water partition coefficient (Wildman–Crippen LogP) is 3.29. The first-order valence-electron chi connectivity index (χ1n) is 15.7. The summed E-state index contributed by atoms with van der Waals surface area (Å²) in [5.41, 5.74) is 0.482. The molecular formula is C35H36N4O10. The molecule has 0 aliphatic carbocycles. The number of likely N-dealkylation sites (N-methyl/N-ethyl adjacent to an activating group) is 2. The van der Waals surface area contributed by atoms with Crippen LogP contribution in [0.15, 0.2) is 53.3 Å². The molecule has 2 aliphatic rings. The van der Waals surface area contributed by atoms with Gasteiger partial charge >= 0.3 is 12.1 Å². The van der Waals surface area contributed by atoms with Crippen LogP contribution < -0.4 is 24.5 Å². The minimum atomic E-state index is -0.747. The van der Waals surface area contributed by atoms with Crippen molar-refractivity contribution in [3.63, 3.8) is 0 Å². The van der Waals surface area contributed by atoms with Gasteiger partial charge in [-0.2, -0.15) is 0 Å². The van der Waals surface area contributed by atoms with Crippen molar-refractivity contribution in [2.24, 2.45) is 0 Å². The SMILES string of the molecule is COc1cc2c(cc1OC(=O)N(C)CCOC(=O)CCCN1C(=O)C=CC1=O)c(=O)n(CCN(C)C)c1c3cc4c(cc3ccc21)OCO4. The van der Waals surface area contributed by atoms with Crippen LogP contribution >= 0.6 is 0 Å². The van der Waals surface area contributed by atoms with Crippen molar-refractivity contribution in [1.82, 2.24) is 19.3 Å². The van der Waals surface area contributed by atoms with Crippen LogP contribution in [0.5, 0.6) is 23.0 Å². The number of carbonyl (C=O) groups is 4. The number of aromatic nitrogens is 1. The lowest BCUT2D eigenvalue weighted by atomic mass is 10.00. The molecule has 49 heavy (non-hydrogen) atoms. The molecule has 3 heterocycles. The maximum atomic E-state index is 14.2. The second kappa shape index (κ2) is 13.8. The standard InChI is InChI=1S/C35H36N4O10/c1-36(2)12-13-39-33-22(8-7-21-16-27-28(17-23(21)33)48-20-47-27)24-18-26(45-4)29(19-25(24)34(39)43)49-35(44)37(3)14-15-46-32(42)6-5-11-38-30(40)9-10-31(38)41/h7-10,16-19H,5-6,11-15,20H2,1-4H3. The summed E-state index contributed by atoms with van der Waals surface area (Å²) in [5.74, 6) is 0.221. The number of amides is 3. The number of imide groups is 1. The Hall–Kier alpha value is -5.63. The Morgan fingerprint density at radius 1 is 0.837 bits per heavy atom. The summed E-state index contributed by atoms with van der Waals surface area (Å²) in [6, 6.07) is 10.9. The molecule has 3 amide bonds. The normalized spacial score (nSPS) is 13.7. The lowest BCUT2D eigenvalue weighted by molar-refractivity contribution is -0.145. The molecule has 0 N–H and O–H groups in total. The molecule has 6 rings (SSSR count). The summed E-state index contributed by atoms with van der Waals surface area (Å²) >= 11 is 0. The van der Waals surface area contributed by atoms with E-state index in [1.165, 1.54) is 37.3 Å². The molecule has 0 fully saturated rings. The van der Waals surface area contributed by atoms with Gasteiger partial charge in [0, 0.05) is 61.4 Å². The number of benzene rings is 3. The van der Waals surface area contributed by atoms with E-state index in [1.807, 2.05) is 43.3 Å². The van der Waals surface area contributed by atoms with Crippen molar-refractivity contribution in [3.05, 3.63) is 58.9 Å². The van der Waals surface area contributed by atoms with Gasteiger partial charge in [-0.3, -0.25) is 24.1 Å². The number of nitrogens with zero attached hydrogens (tertiary/aromatic N) is 4. The van der Waals surface area contributed by atoms with Crippen LogP contribution in [0.2, 0.25) is 0 Å². The molecule has 0 atom stereocenters. The Balaban J connectivity index is 1.21. The van der Waals surface area contributed by atoms with E-state index in [-0.39, 0.29) is 56.4 Å². The van der Waals surface area contributed by atoms with Crippen molar-refractivity contribution in [2.75, 3.05) is 61.3 Å². The Bertz CT molecular complexity index is 2070. The van der Waals surface area contributed by atoms with E-state index in [9.17, 15) is 24.0 Å². The highest BCUT2D eigenvalue weighted by molar-refractivity contribution is 6.16. The van der Waals surface area contributed by atoms with Crippen LogP contribution in [-0.4, -0.2) is 104 Å². The zero-order valence-corrected chi connectivity index (χ0v) is 27.6. The maximum Gasteiger partial charge on any atom is 0.415 e. The Kier molecular flexibility index (Phi) is 9.40. The number of hydrogen-bond acceptors (Lipinski definition) is 11. The summed E-state index contributed by atoms with van der Waals surface area (Å²) in [5, 5.41) is 3.52. The molecular weight excluding hydrogens is 636 g/mol. The summed E-state index contributed by atoms with van der Waals surface area (Å²) in [6.45, 7) is 1.17. The third-order valence-corrected chi connectivity index (χ3v) is 8.46. The van der Waals surface area contributed by atoms with Gasteiger partial charge in [0.25, 0.3) is 17.4 Å².